The van der Waals surface area contributed by atoms with Crippen LogP contribution in [0.25, 0.3) is 5.57 Å². The molecule has 1 rings (SSSR count). The number of carboxylic acids is 1. The molecule has 3 heteroatoms. The largest absolute Gasteiger partial charge is 0.478 e. The van der Waals surface area contributed by atoms with Crippen molar-refractivity contribution in [3.8, 4) is 0 Å². The Morgan fingerprint density at radius 1 is 1.38 bits per heavy atom. The van der Waals surface area contributed by atoms with Crippen molar-refractivity contribution in [2.75, 3.05) is 0 Å². The summed E-state index contributed by atoms with van der Waals surface area (Å²) in [6.07, 6.45) is 1.48. The quantitative estimate of drug-likeness (QED) is 0.709. The first kappa shape index (κ1) is 9.45. The fourth-order valence-electron chi connectivity index (χ4n) is 1.04. The molecule has 1 aromatic carbocycles. The molecule has 0 unspecified atom stereocenters. The lowest BCUT2D eigenvalue weighted by Crippen LogP contribution is -1.98. The zero-order valence-electron chi connectivity index (χ0n) is 7.12. The highest BCUT2D eigenvalue weighted by Crippen LogP contribution is 2.14. The van der Waals surface area contributed by atoms with Gasteiger partial charge in [-0.05, 0) is 24.6 Å². The van der Waals surface area contributed by atoms with Crippen molar-refractivity contribution in [1.82, 2.24) is 0 Å². The first-order valence-corrected chi connectivity index (χ1v) is 3.80. The third-order valence-corrected chi connectivity index (χ3v) is 1.67. The lowest BCUT2D eigenvalue weighted by atomic mass is 10.1. The molecular weight excluding hydrogens is 171 g/mol. The topological polar surface area (TPSA) is 37.3 Å². The van der Waals surface area contributed by atoms with E-state index in [0.717, 1.165) is 0 Å². The zero-order chi connectivity index (χ0) is 9.84. The summed E-state index contributed by atoms with van der Waals surface area (Å²) in [5.41, 5.74) is 0.691. The number of benzene rings is 1. The van der Waals surface area contributed by atoms with Crippen LogP contribution in [0.5, 0.6) is 0 Å². The van der Waals surface area contributed by atoms with Crippen LogP contribution in [0, 0.1) is 5.82 Å². The van der Waals surface area contributed by atoms with E-state index >= 15 is 0 Å². The van der Waals surface area contributed by atoms with Gasteiger partial charge in [0.15, 0.2) is 0 Å². The van der Waals surface area contributed by atoms with Crippen LogP contribution < -0.4 is 0 Å². The summed E-state index contributed by atoms with van der Waals surface area (Å²) in [5, 5.41) is 8.73. The molecule has 0 atom stereocenters. The van der Waals surface area contributed by atoms with Crippen molar-refractivity contribution < 1.29 is 14.3 Å². The molecule has 0 heterocycles. The Labute approximate surface area is 75.3 Å². The van der Waals surface area contributed by atoms with Crippen LogP contribution in [0.15, 0.2) is 30.3 Å². The predicted molar refractivity (Wildman–Crippen MR) is 47.7 cm³/mol. The molecule has 0 aliphatic rings. The SMILES string of the molecule is C/C=C(\C(=O)O)c1ccc(F)cc1. The van der Waals surface area contributed by atoms with Gasteiger partial charge in [0, 0.05) is 0 Å². The van der Waals surface area contributed by atoms with E-state index in [2.05, 4.69) is 0 Å². The van der Waals surface area contributed by atoms with Crippen LogP contribution in [0.2, 0.25) is 0 Å². The molecule has 1 aromatic rings. The highest BCUT2D eigenvalue weighted by molar-refractivity contribution is 6.15. The maximum Gasteiger partial charge on any atom is 0.335 e. The van der Waals surface area contributed by atoms with E-state index in [9.17, 15) is 9.18 Å². The standard InChI is InChI=1S/C10H9FO2/c1-2-9(10(12)13)7-3-5-8(11)6-4-7/h2-6H,1H3,(H,12,13)/b9-2-. The zero-order valence-corrected chi connectivity index (χ0v) is 7.12. The lowest BCUT2D eigenvalue weighted by molar-refractivity contribution is -0.130. The molecule has 0 radical (unpaired) electrons. The number of allylic oxidation sites excluding steroid dienone is 1. The molecule has 0 saturated carbocycles. The van der Waals surface area contributed by atoms with Crippen molar-refractivity contribution in [1.29, 1.82) is 0 Å². The fraction of sp³-hybridized carbons (Fsp3) is 0.100. The molecule has 68 valence electrons. The van der Waals surface area contributed by atoms with Crippen LogP contribution in [0.1, 0.15) is 12.5 Å². The molecular formula is C10H9FO2. The van der Waals surface area contributed by atoms with Crippen LogP contribution >= 0.6 is 0 Å². The molecule has 2 nitrogen and oxygen atoms in total. The van der Waals surface area contributed by atoms with Gasteiger partial charge in [-0.25, -0.2) is 9.18 Å². The molecule has 1 N–H and O–H groups in total. The van der Waals surface area contributed by atoms with E-state index in [1.807, 2.05) is 0 Å². The molecule has 0 aromatic heterocycles. The third kappa shape index (κ3) is 2.15. The van der Waals surface area contributed by atoms with Gasteiger partial charge in [0.05, 0.1) is 5.57 Å². The maximum atomic E-state index is 12.5. The van der Waals surface area contributed by atoms with Gasteiger partial charge in [0.1, 0.15) is 5.82 Å². The molecule has 0 bridgehead atoms. The third-order valence-electron chi connectivity index (χ3n) is 1.67. The first-order chi connectivity index (χ1) is 6.15. The maximum absolute atomic E-state index is 12.5. The van der Waals surface area contributed by atoms with E-state index in [1.54, 1.807) is 6.92 Å². The Hall–Kier alpha value is -1.64. The van der Waals surface area contributed by atoms with E-state index in [1.165, 1.54) is 30.3 Å². The van der Waals surface area contributed by atoms with Crippen molar-refractivity contribution >= 4 is 11.5 Å². The number of carboxylic acid groups (broad SMARTS) is 1. The highest BCUT2D eigenvalue weighted by atomic mass is 19.1. The summed E-state index contributed by atoms with van der Waals surface area (Å²) in [4.78, 5) is 10.7. The van der Waals surface area contributed by atoms with Gasteiger partial charge >= 0.3 is 5.97 Å². The number of halogens is 1. The van der Waals surface area contributed by atoms with E-state index in [-0.39, 0.29) is 11.4 Å². The Bertz CT molecular complexity index is 338. The van der Waals surface area contributed by atoms with Crippen LogP contribution in [-0.4, -0.2) is 11.1 Å². The van der Waals surface area contributed by atoms with Crippen LogP contribution in [0.4, 0.5) is 4.39 Å². The normalized spacial score (nSPS) is 11.4. The first-order valence-electron chi connectivity index (χ1n) is 3.80. The Kier molecular flexibility index (Phi) is 2.80. The number of carbonyl (C=O) groups is 1. The summed E-state index contributed by atoms with van der Waals surface area (Å²) >= 11 is 0. The minimum atomic E-state index is -1.01. The monoisotopic (exact) mass is 180 g/mol. The van der Waals surface area contributed by atoms with Gasteiger partial charge in [-0.2, -0.15) is 0 Å². The van der Waals surface area contributed by atoms with Crippen LogP contribution in [0.3, 0.4) is 0 Å². The summed E-state index contributed by atoms with van der Waals surface area (Å²) in [7, 11) is 0. The summed E-state index contributed by atoms with van der Waals surface area (Å²) in [5.74, 6) is -1.38. The van der Waals surface area contributed by atoms with Gasteiger partial charge in [0.25, 0.3) is 0 Å². The molecule has 13 heavy (non-hydrogen) atoms. The Balaban J connectivity index is 3.07. The second-order valence-electron chi connectivity index (χ2n) is 2.51. The van der Waals surface area contributed by atoms with Crippen molar-refractivity contribution in [2.45, 2.75) is 6.92 Å². The van der Waals surface area contributed by atoms with Crippen molar-refractivity contribution in [3.63, 3.8) is 0 Å². The minimum Gasteiger partial charge on any atom is -0.478 e. The molecule has 0 aliphatic carbocycles. The predicted octanol–water partition coefficient (Wildman–Crippen LogP) is 2.31. The molecule has 0 spiro atoms. The molecule has 0 fully saturated rings. The van der Waals surface area contributed by atoms with Gasteiger partial charge in [0.2, 0.25) is 0 Å². The molecule has 0 amide bonds. The van der Waals surface area contributed by atoms with Gasteiger partial charge in [-0.1, -0.05) is 18.2 Å². The number of rotatable bonds is 2. The Morgan fingerprint density at radius 3 is 2.31 bits per heavy atom. The number of hydrogen-bond donors (Lipinski definition) is 1. The van der Waals surface area contributed by atoms with E-state index < -0.39 is 5.97 Å². The second-order valence-corrected chi connectivity index (χ2v) is 2.51. The van der Waals surface area contributed by atoms with Crippen molar-refractivity contribution in [2.24, 2.45) is 0 Å². The van der Waals surface area contributed by atoms with Crippen LogP contribution in [-0.2, 0) is 4.79 Å². The van der Waals surface area contributed by atoms with Gasteiger partial charge in [-0.15, -0.1) is 0 Å². The average molecular weight is 180 g/mol. The number of hydrogen-bond acceptors (Lipinski definition) is 1. The smallest absolute Gasteiger partial charge is 0.335 e. The van der Waals surface area contributed by atoms with Crippen molar-refractivity contribution in [3.05, 3.63) is 41.7 Å². The molecule has 0 saturated heterocycles. The van der Waals surface area contributed by atoms with Gasteiger partial charge in [-0.3, -0.25) is 0 Å². The summed E-state index contributed by atoms with van der Waals surface area (Å²) in [6.45, 7) is 1.63. The summed E-state index contributed by atoms with van der Waals surface area (Å²) < 4.78 is 12.5. The fourth-order valence-corrected chi connectivity index (χ4v) is 1.04. The second kappa shape index (κ2) is 3.85. The summed E-state index contributed by atoms with van der Waals surface area (Å²) in [6, 6.07) is 5.36. The number of aliphatic carboxylic acids is 1. The lowest BCUT2D eigenvalue weighted by Gasteiger charge is -2.00. The molecule has 0 aliphatic heterocycles. The average Bonchev–Trinajstić information content (AvgIpc) is 2.09. The highest BCUT2D eigenvalue weighted by Gasteiger charge is 2.07. The van der Waals surface area contributed by atoms with E-state index in [4.69, 9.17) is 5.11 Å². The van der Waals surface area contributed by atoms with E-state index in [0.29, 0.717) is 5.56 Å². The Morgan fingerprint density at radius 2 is 1.92 bits per heavy atom. The van der Waals surface area contributed by atoms with Gasteiger partial charge < -0.3 is 5.11 Å². The minimum absolute atomic E-state index is 0.181.